The van der Waals surface area contributed by atoms with E-state index in [0.29, 0.717) is 24.8 Å². The minimum Gasteiger partial charge on any atom is -0.492 e. The average molecular weight is 449 g/mol. The van der Waals surface area contributed by atoms with Crippen molar-refractivity contribution in [2.75, 3.05) is 13.2 Å². The van der Waals surface area contributed by atoms with E-state index in [2.05, 4.69) is 29.4 Å². The third-order valence-corrected chi connectivity index (χ3v) is 5.34. The molecule has 0 saturated carbocycles. The van der Waals surface area contributed by atoms with Gasteiger partial charge >= 0.3 is 5.97 Å². The summed E-state index contributed by atoms with van der Waals surface area (Å²) in [5, 5.41) is 23.1. The fourth-order valence-corrected chi connectivity index (χ4v) is 3.52. The van der Waals surface area contributed by atoms with Gasteiger partial charge in [0.1, 0.15) is 11.3 Å². The lowest BCUT2D eigenvalue weighted by Gasteiger charge is -2.17. The fourth-order valence-electron chi connectivity index (χ4n) is 3.52. The first kappa shape index (κ1) is 24.4. The second-order valence-electron chi connectivity index (χ2n) is 8.73. The summed E-state index contributed by atoms with van der Waals surface area (Å²) in [4.78, 5) is 15.6. The van der Waals surface area contributed by atoms with Gasteiger partial charge in [-0.15, -0.1) is 0 Å². The van der Waals surface area contributed by atoms with E-state index >= 15 is 0 Å². The molecular weight excluding hydrogens is 416 g/mol. The van der Waals surface area contributed by atoms with Crippen LogP contribution in [0.1, 0.15) is 48.4 Å². The largest absolute Gasteiger partial charge is 0.492 e. The molecule has 0 aliphatic rings. The van der Waals surface area contributed by atoms with Crippen LogP contribution in [0, 0.1) is 5.92 Å². The van der Waals surface area contributed by atoms with E-state index in [4.69, 9.17) is 4.74 Å². The number of aromatic carboxylic acids is 1. The Hall–Kier alpha value is -3.22. The number of benzene rings is 2. The van der Waals surface area contributed by atoms with E-state index < -0.39 is 12.1 Å². The number of aliphatic hydroxyl groups is 1. The summed E-state index contributed by atoms with van der Waals surface area (Å²) in [6.45, 7) is 7.06. The zero-order valence-corrected chi connectivity index (χ0v) is 19.4. The Morgan fingerprint density at radius 2 is 1.79 bits per heavy atom. The molecule has 3 rings (SSSR count). The molecule has 6 nitrogen and oxygen atoms in total. The van der Waals surface area contributed by atoms with E-state index in [0.717, 1.165) is 23.1 Å². The highest BCUT2D eigenvalue weighted by Crippen LogP contribution is 2.28. The van der Waals surface area contributed by atoms with Gasteiger partial charge in [-0.1, -0.05) is 50.2 Å². The maximum absolute atomic E-state index is 11.5. The molecule has 2 aromatic carbocycles. The van der Waals surface area contributed by atoms with Crippen LogP contribution in [0.2, 0.25) is 0 Å². The number of carboxylic acids is 1. The predicted octanol–water partition coefficient (Wildman–Crippen LogP) is 4.74. The lowest BCUT2D eigenvalue weighted by Crippen LogP contribution is -2.32. The Morgan fingerprint density at radius 1 is 1.06 bits per heavy atom. The molecular formula is C27H32N2O4. The van der Waals surface area contributed by atoms with E-state index in [1.165, 1.54) is 5.56 Å². The lowest BCUT2D eigenvalue weighted by atomic mass is 9.99. The molecule has 33 heavy (non-hydrogen) atoms. The van der Waals surface area contributed by atoms with E-state index in [9.17, 15) is 15.0 Å². The molecule has 0 aliphatic carbocycles. The first-order valence-corrected chi connectivity index (χ1v) is 11.2. The molecule has 6 heteroatoms. The van der Waals surface area contributed by atoms with Crippen LogP contribution in [0.15, 0.2) is 67.0 Å². The van der Waals surface area contributed by atoms with Gasteiger partial charge in [0.25, 0.3) is 0 Å². The number of rotatable bonds is 11. The molecule has 0 amide bonds. The molecule has 3 aromatic rings. The number of carbonyl (C=O) groups is 1. The van der Waals surface area contributed by atoms with Gasteiger partial charge < -0.3 is 20.3 Å². The summed E-state index contributed by atoms with van der Waals surface area (Å²) < 4.78 is 5.76. The maximum Gasteiger partial charge on any atom is 0.339 e. The SMILES string of the molecule is CC(C)COc1cc(-c2ccc(C[C@@H](C)NC[C@H](O)c3cccnc3)cc2)ccc1C(=O)O. The fraction of sp³-hybridized carbons (Fsp3) is 0.333. The van der Waals surface area contributed by atoms with Crippen LogP contribution >= 0.6 is 0 Å². The standard InChI is InChI=1S/C27H32N2O4/c1-18(2)17-33-26-14-22(10-11-24(26)27(31)32)21-8-6-20(7-9-21)13-19(3)29-16-25(30)23-5-4-12-28-15-23/h4-12,14-15,18-19,25,29-30H,13,16-17H2,1-3H3,(H,31,32)/t19-,25+/m1/s1. The number of carboxylic acid groups (broad SMARTS) is 1. The molecule has 0 saturated heterocycles. The Bertz CT molecular complexity index is 1040. The summed E-state index contributed by atoms with van der Waals surface area (Å²) in [7, 11) is 0. The number of aliphatic hydroxyl groups excluding tert-OH is 1. The van der Waals surface area contributed by atoms with Crippen molar-refractivity contribution in [3.05, 3.63) is 83.7 Å². The molecule has 1 aromatic heterocycles. The zero-order chi connectivity index (χ0) is 23.8. The van der Waals surface area contributed by atoms with Crippen LogP contribution in [-0.4, -0.2) is 40.4 Å². The van der Waals surface area contributed by atoms with Crippen LogP contribution in [0.4, 0.5) is 0 Å². The van der Waals surface area contributed by atoms with Crippen LogP contribution in [0.25, 0.3) is 11.1 Å². The predicted molar refractivity (Wildman–Crippen MR) is 130 cm³/mol. The highest BCUT2D eigenvalue weighted by Gasteiger charge is 2.14. The van der Waals surface area contributed by atoms with Gasteiger partial charge in [-0.05, 0) is 54.2 Å². The molecule has 0 bridgehead atoms. The number of hydrogen-bond donors (Lipinski definition) is 3. The van der Waals surface area contributed by atoms with Crippen LogP contribution in [-0.2, 0) is 6.42 Å². The highest BCUT2D eigenvalue weighted by atomic mass is 16.5. The number of hydrogen-bond acceptors (Lipinski definition) is 5. The van der Waals surface area contributed by atoms with Crippen molar-refractivity contribution in [2.24, 2.45) is 5.92 Å². The second kappa shape index (κ2) is 11.6. The Morgan fingerprint density at radius 3 is 2.42 bits per heavy atom. The molecule has 3 N–H and O–H groups in total. The minimum atomic E-state index is -0.995. The highest BCUT2D eigenvalue weighted by molar-refractivity contribution is 5.92. The Balaban J connectivity index is 1.62. The number of ether oxygens (including phenoxy) is 1. The van der Waals surface area contributed by atoms with Crippen molar-refractivity contribution in [1.29, 1.82) is 0 Å². The summed E-state index contributed by atoms with van der Waals surface area (Å²) in [6.07, 6.45) is 3.60. The van der Waals surface area contributed by atoms with Gasteiger partial charge in [0.15, 0.2) is 0 Å². The quantitative estimate of drug-likeness (QED) is 0.393. The van der Waals surface area contributed by atoms with Crippen molar-refractivity contribution in [3.63, 3.8) is 0 Å². The third-order valence-electron chi connectivity index (χ3n) is 5.34. The molecule has 2 atom stereocenters. The number of nitrogens with zero attached hydrogens (tertiary/aromatic N) is 1. The molecule has 0 aliphatic heterocycles. The summed E-state index contributed by atoms with van der Waals surface area (Å²) >= 11 is 0. The molecule has 0 spiro atoms. The monoisotopic (exact) mass is 448 g/mol. The third kappa shape index (κ3) is 7.14. The van der Waals surface area contributed by atoms with Crippen molar-refractivity contribution >= 4 is 5.97 Å². The summed E-state index contributed by atoms with van der Waals surface area (Å²) in [5.74, 6) is -0.302. The van der Waals surface area contributed by atoms with Crippen LogP contribution in [0.3, 0.4) is 0 Å². The second-order valence-corrected chi connectivity index (χ2v) is 8.73. The van der Waals surface area contributed by atoms with Gasteiger partial charge in [0.2, 0.25) is 0 Å². The van der Waals surface area contributed by atoms with Gasteiger partial charge in [-0.3, -0.25) is 4.98 Å². The molecule has 1 heterocycles. The summed E-state index contributed by atoms with van der Waals surface area (Å²) in [5.41, 5.74) is 4.05. The normalized spacial score (nSPS) is 13.0. The van der Waals surface area contributed by atoms with E-state index in [-0.39, 0.29) is 11.6 Å². The number of aromatic nitrogens is 1. The maximum atomic E-state index is 11.5. The smallest absolute Gasteiger partial charge is 0.339 e. The topological polar surface area (TPSA) is 91.7 Å². The summed E-state index contributed by atoms with van der Waals surface area (Å²) in [6, 6.07) is 17.3. The van der Waals surface area contributed by atoms with Crippen molar-refractivity contribution < 1.29 is 19.7 Å². The van der Waals surface area contributed by atoms with Crippen molar-refractivity contribution in [1.82, 2.24) is 10.3 Å². The molecule has 0 radical (unpaired) electrons. The average Bonchev–Trinajstić information content (AvgIpc) is 2.82. The van der Waals surface area contributed by atoms with Crippen molar-refractivity contribution in [2.45, 2.75) is 39.3 Å². The minimum absolute atomic E-state index is 0.171. The van der Waals surface area contributed by atoms with E-state index in [1.807, 2.05) is 44.2 Å². The Kier molecular flexibility index (Phi) is 8.58. The molecule has 0 fully saturated rings. The van der Waals surface area contributed by atoms with Crippen LogP contribution < -0.4 is 10.1 Å². The Labute approximate surface area is 195 Å². The van der Waals surface area contributed by atoms with E-state index in [1.54, 1.807) is 24.5 Å². The lowest BCUT2D eigenvalue weighted by molar-refractivity contribution is 0.0691. The number of nitrogens with one attached hydrogen (secondary N) is 1. The molecule has 174 valence electrons. The van der Waals surface area contributed by atoms with Crippen molar-refractivity contribution in [3.8, 4) is 16.9 Å². The first-order chi connectivity index (χ1) is 15.8. The van der Waals surface area contributed by atoms with Gasteiger partial charge in [-0.25, -0.2) is 4.79 Å². The van der Waals surface area contributed by atoms with Crippen LogP contribution in [0.5, 0.6) is 5.75 Å². The number of pyridine rings is 1. The van der Waals surface area contributed by atoms with Gasteiger partial charge in [0, 0.05) is 30.5 Å². The van der Waals surface area contributed by atoms with Gasteiger partial charge in [-0.2, -0.15) is 0 Å². The van der Waals surface area contributed by atoms with Gasteiger partial charge in [0.05, 0.1) is 12.7 Å². The molecule has 0 unspecified atom stereocenters. The first-order valence-electron chi connectivity index (χ1n) is 11.2. The zero-order valence-electron chi connectivity index (χ0n) is 19.4.